The fourth-order valence-corrected chi connectivity index (χ4v) is 2.66. The Labute approximate surface area is 170 Å². The Balaban J connectivity index is 0.00000576. The number of likely N-dealkylation sites (tertiary alicyclic amines) is 1. The summed E-state index contributed by atoms with van der Waals surface area (Å²) in [4.78, 5) is 18.5. The van der Waals surface area contributed by atoms with E-state index in [1.54, 1.807) is 0 Å². The van der Waals surface area contributed by atoms with E-state index in [9.17, 15) is 4.79 Å². The van der Waals surface area contributed by atoms with E-state index in [1.165, 1.54) is 6.42 Å². The van der Waals surface area contributed by atoms with Crippen molar-refractivity contribution < 1.29 is 9.53 Å². The van der Waals surface area contributed by atoms with Crippen molar-refractivity contribution in [3.8, 4) is 0 Å². The lowest BCUT2D eigenvalue weighted by atomic mass is 10.2. The Hall–Kier alpha value is -0.570. The number of ether oxygens (including phenoxy) is 1. The van der Waals surface area contributed by atoms with Crippen LogP contribution in [-0.4, -0.2) is 62.7 Å². The molecule has 0 saturated carbocycles. The van der Waals surface area contributed by atoms with Gasteiger partial charge in [0.1, 0.15) is 0 Å². The Bertz CT molecular complexity index is 367. The summed E-state index contributed by atoms with van der Waals surface area (Å²) in [6.45, 7) is 9.82. The van der Waals surface area contributed by atoms with Crippen molar-refractivity contribution in [3.05, 3.63) is 0 Å². The van der Waals surface area contributed by atoms with Crippen LogP contribution in [0.5, 0.6) is 0 Å². The van der Waals surface area contributed by atoms with Gasteiger partial charge in [-0.1, -0.05) is 19.8 Å². The molecule has 1 rings (SSSR count). The van der Waals surface area contributed by atoms with E-state index >= 15 is 0 Å². The number of halogens is 1. The summed E-state index contributed by atoms with van der Waals surface area (Å²) in [5, 5.41) is 6.53. The van der Waals surface area contributed by atoms with Gasteiger partial charge in [-0.3, -0.25) is 9.79 Å². The molecule has 1 heterocycles. The maximum Gasteiger partial charge on any atom is 0.222 e. The van der Waals surface area contributed by atoms with Crippen LogP contribution < -0.4 is 10.6 Å². The number of guanidine groups is 1. The quantitative estimate of drug-likeness (QED) is 0.212. The number of unbranched alkanes of at least 4 members (excludes halogenated alkanes) is 1. The Morgan fingerprint density at radius 2 is 2.00 bits per heavy atom. The first-order valence-corrected chi connectivity index (χ1v) is 9.65. The first-order valence-electron chi connectivity index (χ1n) is 9.65. The van der Waals surface area contributed by atoms with Gasteiger partial charge in [-0.2, -0.15) is 0 Å². The van der Waals surface area contributed by atoms with Crippen molar-refractivity contribution in [2.75, 3.05) is 45.9 Å². The summed E-state index contributed by atoms with van der Waals surface area (Å²) < 4.78 is 5.54. The van der Waals surface area contributed by atoms with Gasteiger partial charge in [-0.25, -0.2) is 0 Å². The number of hydrogen-bond acceptors (Lipinski definition) is 3. The highest BCUT2D eigenvalue weighted by molar-refractivity contribution is 14.0. The van der Waals surface area contributed by atoms with Crippen LogP contribution in [0.3, 0.4) is 0 Å². The average Bonchev–Trinajstić information content (AvgIpc) is 2.79. The molecular formula is C18H37IN4O2. The van der Waals surface area contributed by atoms with Gasteiger partial charge in [0.05, 0.1) is 6.61 Å². The van der Waals surface area contributed by atoms with Gasteiger partial charge >= 0.3 is 0 Å². The van der Waals surface area contributed by atoms with E-state index < -0.39 is 0 Å². The number of nitrogens with one attached hydrogen (secondary N) is 2. The van der Waals surface area contributed by atoms with Crippen LogP contribution in [0.1, 0.15) is 58.8 Å². The fraction of sp³-hybridized carbons (Fsp3) is 0.889. The SMILES string of the molecule is CCCCOCCNC(=NCCCN1CCCCCC1=O)NCC.I. The molecule has 1 amide bonds. The van der Waals surface area contributed by atoms with Crippen molar-refractivity contribution in [3.63, 3.8) is 0 Å². The predicted molar refractivity (Wildman–Crippen MR) is 115 cm³/mol. The second-order valence-electron chi connectivity index (χ2n) is 6.20. The van der Waals surface area contributed by atoms with Gasteiger partial charge in [-0.05, 0) is 32.6 Å². The first-order chi connectivity index (χ1) is 11.8. The third kappa shape index (κ3) is 12.4. The van der Waals surface area contributed by atoms with Gasteiger partial charge in [0, 0.05) is 45.8 Å². The van der Waals surface area contributed by atoms with E-state index in [2.05, 4.69) is 29.5 Å². The highest BCUT2D eigenvalue weighted by Crippen LogP contribution is 2.11. The molecule has 0 atom stereocenters. The molecule has 0 aromatic carbocycles. The van der Waals surface area contributed by atoms with Crippen LogP contribution in [0.4, 0.5) is 0 Å². The number of aliphatic imine (C=N–C) groups is 1. The highest BCUT2D eigenvalue weighted by atomic mass is 127. The highest BCUT2D eigenvalue weighted by Gasteiger charge is 2.15. The van der Waals surface area contributed by atoms with Gasteiger partial charge < -0.3 is 20.3 Å². The molecule has 0 unspecified atom stereocenters. The fourth-order valence-electron chi connectivity index (χ4n) is 2.66. The molecule has 148 valence electrons. The third-order valence-corrected chi connectivity index (χ3v) is 4.05. The number of amides is 1. The van der Waals surface area contributed by atoms with Crippen LogP contribution in [0.15, 0.2) is 4.99 Å². The molecule has 25 heavy (non-hydrogen) atoms. The zero-order chi connectivity index (χ0) is 17.5. The van der Waals surface area contributed by atoms with Gasteiger partial charge in [0.25, 0.3) is 0 Å². The lowest BCUT2D eigenvalue weighted by Gasteiger charge is -2.20. The number of rotatable bonds is 11. The summed E-state index contributed by atoms with van der Waals surface area (Å²) in [5.74, 6) is 1.14. The van der Waals surface area contributed by atoms with Gasteiger partial charge in [-0.15, -0.1) is 24.0 Å². The molecule has 1 aliphatic rings. The third-order valence-electron chi connectivity index (χ3n) is 4.05. The molecule has 0 aromatic heterocycles. The Kier molecular flexibility index (Phi) is 16.5. The van der Waals surface area contributed by atoms with Crippen molar-refractivity contribution in [1.82, 2.24) is 15.5 Å². The second kappa shape index (κ2) is 16.9. The zero-order valence-corrected chi connectivity index (χ0v) is 18.3. The molecule has 7 heteroatoms. The van der Waals surface area contributed by atoms with Gasteiger partial charge in [0.2, 0.25) is 5.91 Å². The summed E-state index contributed by atoms with van der Waals surface area (Å²) in [7, 11) is 0. The molecule has 1 aliphatic heterocycles. The lowest BCUT2D eigenvalue weighted by molar-refractivity contribution is -0.130. The number of carbonyl (C=O) groups is 1. The van der Waals surface area contributed by atoms with Crippen molar-refractivity contribution in [1.29, 1.82) is 0 Å². The van der Waals surface area contributed by atoms with Crippen molar-refractivity contribution in [2.45, 2.75) is 58.8 Å². The van der Waals surface area contributed by atoms with Crippen LogP contribution in [0.25, 0.3) is 0 Å². The minimum Gasteiger partial charge on any atom is -0.380 e. The number of hydrogen-bond donors (Lipinski definition) is 2. The van der Waals surface area contributed by atoms with E-state index in [-0.39, 0.29) is 24.0 Å². The maximum absolute atomic E-state index is 11.9. The maximum atomic E-state index is 11.9. The molecule has 0 aliphatic carbocycles. The van der Waals surface area contributed by atoms with E-state index in [0.29, 0.717) is 18.9 Å². The summed E-state index contributed by atoms with van der Waals surface area (Å²) in [6.07, 6.45) is 7.26. The van der Waals surface area contributed by atoms with Crippen LogP contribution in [0.2, 0.25) is 0 Å². The average molecular weight is 468 g/mol. The number of carbonyl (C=O) groups excluding carboxylic acids is 1. The number of nitrogens with zero attached hydrogens (tertiary/aromatic N) is 2. The Morgan fingerprint density at radius 1 is 1.16 bits per heavy atom. The topological polar surface area (TPSA) is 66.0 Å². The molecule has 0 radical (unpaired) electrons. The standard InChI is InChI=1S/C18H36N4O2.HI/c1-3-5-15-24-16-12-21-18(19-4-2)20-11-9-14-22-13-8-6-7-10-17(22)23;/h3-16H2,1-2H3,(H2,19,20,21);1H. The summed E-state index contributed by atoms with van der Waals surface area (Å²) in [5.41, 5.74) is 0. The smallest absolute Gasteiger partial charge is 0.222 e. The van der Waals surface area contributed by atoms with E-state index in [1.807, 2.05) is 4.90 Å². The van der Waals surface area contributed by atoms with E-state index in [4.69, 9.17) is 4.74 Å². The first kappa shape index (κ1) is 24.4. The van der Waals surface area contributed by atoms with E-state index in [0.717, 1.165) is 77.4 Å². The second-order valence-corrected chi connectivity index (χ2v) is 6.20. The zero-order valence-electron chi connectivity index (χ0n) is 16.0. The molecule has 1 saturated heterocycles. The minimum atomic E-state index is 0. The molecular weight excluding hydrogens is 431 g/mol. The normalized spacial score (nSPS) is 15.5. The van der Waals surface area contributed by atoms with Crippen LogP contribution in [0, 0.1) is 0 Å². The molecule has 0 aromatic rings. The minimum absolute atomic E-state index is 0. The monoisotopic (exact) mass is 468 g/mol. The van der Waals surface area contributed by atoms with Crippen LogP contribution >= 0.6 is 24.0 Å². The Morgan fingerprint density at radius 3 is 2.76 bits per heavy atom. The molecule has 0 bridgehead atoms. The van der Waals surface area contributed by atoms with Crippen molar-refractivity contribution in [2.24, 2.45) is 4.99 Å². The van der Waals surface area contributed by atoms with Crippen LogP contribution in [-0.2, 0) is 9.53 Å². The van der Waals surface area contributed by atoms with Gasteiger partial charge in [0.15, 0.2) is 5.96 Å². The largest absolute Gasteiger partial charge is 0.380 e. The molecule has 6 nitrogen and oxygen atoms in total. The summed E-state index contributed by atoms with van der Waals surface area (Å²) >= 11 is 0. The molecule has 1 fully saturated rings. The molecule has 2 N–H and O–H groups in total. The predicted octanol–water partition coefficient (Wildman–Crippen LogP) is 2.77. The molecule has 0 spiro atoms. The lowest BCUT2D eigenvalue weighted by Crippen LogP contribution is -2.39. The summed E-state index contributed by atoms with van der Waals surface area (Å²) in [6, 6.07) is 0. The van der Waals surface area contributed by atoms with Crippen molar-refractivity contribution >= 4 is 35.8 Å².